The lowest BCUT2D eigenvalue weighted by Crippen LogP contribution is -2.42. The zero-order chi connectivity index (χ0) is 13.6. The lowest BCUT2D eigenvalue weighted by atomic mass is 10.2. The highest BCUT2D eigenvalue weighted by atomic mass is 32.2. The van der Waals surface area contributed by atoms with E-state index in [1.807, 2.05) is 6.08 Å². The molecule has 0 aromatic heterocycles. The van der Waals surface area contributed by atoms with Gasteiger partial charge in [-0.15, -0.1) is 0 Å². The van der Waals surface area contributed by atoms with Crippen LogP contribution in [-0.4, -0.2) is 24.8 Å². The molecule has 2 atom stereocenters. The van der Waals surface area contributed by atoms with Crippen molar-refractivity contribution in [3.63, 3.8) is 0 Å². The van der Waals surface area contributed by atoms with Gasteiger partial charge in [-0.3, -0.25) is 0 Å². The molecule has 19 heavy (non-hydrogen) atoms. The Hall–Kier alpha value is -1.20. The second-order valence-corrected chi connectivity index (χ2v) is 7.05. The zero-order valence-electron chi connectivity index (χ0n) is 10.7. The summed E-state index contributed by atoms with van der Waals surface area (Å²) in [5, 5.41) is 0. The Morgan fingerprint density at radius 2 is 2.11 bits per heavy atom. The third kappa shape index (κ3) is 2.01. The van der Waals surface area contributed by atoms with Crippen molar-refractivity contribution in [2.45, 2.75) is 43.2 Å². The quantitative estimate of drug-likeness (QED) is 0.781. The van der Waals surface area contributed by atoms with Crippen molar-refractivity contribution in [3.05, 3.63) is 41.7 Å². The maximum absolute atomic E-state index is 13.3. The van der Waals surface area contributed by atoms with Gasteiger partial charge in [-0.1, -0.05) is 12.2 Å². The summed E-state index contributed by atoms with van der Waals surface area (Å²) in [4.78, 5) is 0.193. The molecule has 1 fully saturated rings. The number of hydrogen-bond donors (Lipinski definition) is 0. The molecule has 0 N–H and O–H groups in total. The molecule has 0 aliphatic carbocycles. The smallest absolute Gasteiger partial charge is 0.207 e. The molecule has 1 aromatic carbocycles. The molecule has 1 saturated heterocycles. The van der Waals surface area contributed by atoms with Gasteiger partial charge in [0, 0.05) is 12.1 Å². The molecule has 0 saturated carbocycles. The topological polar surface area (TPSA) is 37.4 Å². The van der Waals surface area contributed by atoms with E-state index in [0.717, 1.165) is 19.3 Å². The first-order valence-corrected chi connectivity index (χ1v) is 7.90. The second-order valence-electron chi connectivity index (χ2n) is 5.21. The van der Waals surface area contributed by atoms with E-state index in [1.54, 1.807) is 11.2 Å². The monoisotopic (exact) mass is 281 g/mol. The van der Waals surface area contributed by atoms with Crippen LogP contribution in [0.1, 0.15) is 24.8 Å². The van der Waals surface area contributed by atoms with Gasteiger partial charge < -0.3 is 0 Å². The predicted molar refractivity (Wildman–Crippen MR) is 70.7 cm³/mol. The number of rotatable bonds is 2. The van der Waals surface area contributed by atoms with Crippen molar-refractivity contribution < 1.29 is 12.8 Å². The number of benzene rings is 1. The Morgan fingerprint density at radius 1 is 1.32 bits per heavy atom. The average molecular weight is 281 g/mol. The number of aryl methyl sites for hydroxylation is 1. The zero-order valence-corrected chi connectivity index (χ0v) is 11.5. The molecular weight excluding hydrogens is 265 g/mol. The summed E-state index contributed by atoms with van der Waals surface area (Å²) < 4.78 is 40.2. The molecule has 3 rings (SSSR count). The Morgan fingerprint density at radius 3 is 2.79 bits per heavy atom. The fourth-order valence-corrected chi connectivity index (χ4v) is 4.88. The van der Waals surface area contributed by atoms with E-state index in [-0.39, 0.29) is 22.8 Å². The minimum Gasteiger partial charge on any atom is -0.207 e. The molecule has 2 heterocycles. The molecule has 0 spiro atoms. The molecule has 102 valence electrons. The first-order valence-electron chi connectivity index (χ1n) is 6.46. The third-order valence-electron chi connectivity index (χ3n) is 3.95. The summed E-state index contributed by atoms with van der Waals surface area (Å²) in [6.07, 6.45) is 6.58. The average Bonchev–Trinajstić information content (AvgIpc) is 2.64. The number of fused-ring (bicyclic) bond motifs is 2. The van der Waals surface area contributed by atoms with Crippen molar-refractivity contribution in [2.24, 2.45) is 0 Å². The lowest BCUT2D eigenvalue weighted by molar-refractivity contribution is 0.341. The van der Waals surface area contributed by atoms with Gasteiger partial charge in [0.15, 0.2) is 0 Å². The van der Waals surface area contributed by atoms with E-state index >= 15 is 0 Å². The maximum Gasteiger partial charge on any atom is 0.243 e. The molecule has 3 nitrogen and oxygen atoms in total. The Bertz CT molecular complexity index is 639. The van der Waals surface area contributed by atoms with Crippen LogP contribution in [0.2, 0.25) is 0 Å². The number of sulfonamides is 1. The molecule has 1 aromatic rings. The highest BCUT2D eigenvalue weighted by molar-refractivity contribution is 7.89. The van der Waals surface area contributed by atoms with E-state index in [4.69, 9.17) is 0 Å². The summed E-state index contributed by atoms with van der Waals surface area (Å²) in [5.74, 6) is -0.375. The number of hydrogen-bond acceptors (Lipinski definition) is 2. The summed E-state index contributed by atoms with van der Waals surface area (Å²) in [7, 11) is -3.52. The van der Waals surface area contributed by atoms with Crippen LogP contribution in [0.3, 0.4) is 0 Å². The van der Waals surface area contributed by atoms with Gasteiger partial charge in [0.05, 0.1) is 4.90 Å². The highest BCUT2D eigenvalue weighted by Gasteiger charge is 2.42. The van der Waals surface area contributed by atoms with Gasteiger partial charge in [0.2, 0.25) is 10.0 Å². The number of nitrogens with zero attached hydrogens (tertiary/aromatic N) is 1. The maximum atomic E-state index is 13.3. The van der Waals surface area contributed by atoms with Gasteiger partial charge in [-0.05, 0) is 49.9 Å². The predicted octanol–water partition coefficient (Wildman–Crippen LogP) is 2.62. The summed E-state index contributed by atoms with van der Waals surface area (Å²) >= 11 is 0. The Labute approximate surface area is 112 Å². The number of halogens is 1. The third-order valence-corrected chi connectivity index (χ3v) is 5.93. The SMILES string of the molecule is Cc1cc(S(=O)(=O)N2C3C=CCC2CC3)ccc1F. The molecule has 0 radical (unpaired) electrons. The lowest BCUT2D eigenvalue weighted by Gasteiger charge is -2.30. The van der Waals surface area contributed by atoms with Crippen molar-refractivity contribution >= 4 is 10.0 Å². The van der Waals surface area contributed by atoms with Crippen LogP contribution in [0.25, 0.3) is 0 Å². The van der Waals surface area contributed by atoms with E-state index < -0.39 is 10.0 Å². The minimum absolute atomic E-state index is 0.0332. The van der Waals surface area contributed by atoms with Crippen molar-refractivity contribution in [2.75, 3.05) is 0 Å². The minimum atomic E-state index is -3.52. The van der Waals surface area contributed by atoms with Crippen LogP contribution in [-0.2, 0) is 10.0 Å². The van der Waals surface area contributed by atoms with Gasteiger partial charge in [-0.2, -0.15) is 4.31 Å². The van der Waals surface area contributed by atoms with Crippen molar-refractivity contribution in [3.8, 4) is 0 Å². The van der Waals surface area contributed by atoms with Crippen LogP contribution in [0, 0.1) is 12.7 Å². The Balaban J connectivity index is 2.03. The molecule has 5 heteroatoms. The van der Waals surface area contributed by atoms with Crippen molar-refractivity contribution in [1.82, 2.24) is 4.31 Å². The van der Waals surface area contributed by atoms with Gasteiger partial charge in [-0.25, -0.2) is 12.8 Å². The molecule has 2 aliphatic heterocycles. The molecular formula is C14H16FNO2S. The van der Waals surface area contributed by atoms with Crippen molar-refractivity contribution in [1.29, 1.82) is 0 Å². The van der Waals surface area contributed by atoms with Gasteiger partial charge >= 0.3 is 0 Å². The Kier molecular flexibility index (Phi) is 2.98. The fourth-order valence-electron chi connectivity index (χ4n) is 2.96. The largest absolute Gasteiger partial charge is 0.243 e. The second kappa shape index (κ2) is 4.42. The fraction of sp³-hybridized carbons (Fsp3) is 0.429. The van der Waals surface area contributed by atoms with Crippen LogP contribution < -0.4 is 0 Å². The van der Waals surface area contributed by atoms with E-state index in [0.29, 0.717) is 5.56 Å². The van der Waals surface area contributed by atoms with Gasteiger partial charge in [0.1, 0.15) is 5.82 Å². The molecule has 0 amide bonds. The normalized spacial score (nSPS) is 26.8. The highest BCUT2D eigenvalue weighted by Crippen LogP contribution is 2.36. The summed E-state index contributed by atoms with van der Waals surface area (Å²) in [5.41, 5.74) is 0.362. The van der Waals surface area contributed by atoms with E-state index in [2.05, 4.69) is 6.08 Å². The summed E-state index contributed by atoms with van der Waals surface area (Å²) in [6, 6.07) is 4.03. The first-order chi connectivity index (χ1) is 9.00. The molecule has 2 aliphatic rings. The standard InChI is InChI=1S/C14H16FNO2S/c1-10-9-13(7-8-14(10)15)19(17,18)16-11-3-2-4-12(16)6-5-11/h2-3,7-9,11-12H,4-6H2,1H3. The van der Waals surface area contributed by atoms with Gasteiger partial charge in [0.25, 0.3) is 0 Å². The summed E-state index contributed by atoms with van der Waals surface area (Å²) in [6.45, 7) is 1.58. The molecule has 2 bridgehead atoms. The van der Waals surface area contributed by atoms with Crippen LogP contribution in [0.4, 0.5) is 4.39 Å². The first kappa shape index (κ1) is 12.8. The van der Waals surface area contributed by atoms with E-state index in [9.17, 15) is 12.8 Å². The van der Waals surface area contributed by atoms with E-state index in [1.165, 1.54) is 18.2 Å². The van der Waals surface area contributed by atoms with Crippen LogP contribution in [0.15, 0.2) is 35.2 Å². The van der Waals surface area contributed by atoms with Crippen LogP contribution >= 0.6 is 0 Å². The molecule has 2 unspecified atom stereocenters. The van der Waals surface area contributed by atoms with Crippen LogP contribution in [0.5, 0.6) is 0 Å².